The molecule has 0 bridgehead atoms. The van der Waals surface area contributed by atoms with Gasteiger partial charge in [-0.3, -0.25) is 14.1 Å². The summed E-state index contributed by atoms with van der Waals surface area (Å²) in [6.45, 7) is 6.76. The second-order valence-electron chi connectivity index (χ2n) is 5.68. The van der Waals surface area contributed by atoms with Crippen LogP contribution in [0.15, 0.2) is 29.2 Å². The van der Waals surface area contributed by atoms with Crippen LogP contribution in [0.3, 0.4) is 0 Å². The molecule has 2 aromatic heterocycles. The van der Waals surface area contributed by atoms with Crippen LogP contribution in [0.4, 0.5) is 0 Å². The van der Waals surface area contributed by atoms with E-state index in [-0.39, 0.29) is 12.2 Å². The predicted molar refractivity (Wildman–Crippen MR) is 88.1 cm³/mol. The quantitative estimate of drug-likeness (QED) is 0.810. The van der Waals surface area contributed by atoms with Crippen LogP contribution in [0.25, 0.3) is 5.65 Å². The largest absolute Gasteiger partial charge is 0.396 e. The van der Waals surface area contributed by atoms with E-state index in [4.69, 9.17) is 5.11 Å². The average molecular weight is 303 g/mol. The van der Waals surface area contributed by atoms with E-state index < -0.39 is 0 Å². The maximum atomic E-state index is 12.2. The molecule has 2 heterocycles. The molecule has 0 saturated heterocycles. The fraction of sp³-hybridized carbons (Fsp3) is 0.529. The number of hydrogen-bond acceptors (Lipinski definition) is 4. The van der Waals surface area contributed by atoms with Gasteiger partial charge in [-0.1, -0.05) is 19.4 Å². The minimum absolute atomic E-state index is 0.0405. The standard InChI is InChI=1S/C17H25N3O2/c1-3-4-8-19(9-6-11-21)13-15-12-16(22)20-10-5-7-14(2)17(20)18-15/h5,7,10,12,21H,3-4,6,8-9,11,13H2,1-2H3. The van der Waals surface area contributed by atoms with Crippen molar-refractivity contribution in [2.75, 3.05) is 19.7 Å². The number of fused-ring (bicyclic) bond motifs is 1. The molecular weight excluding hydrogens is 278 g/mol. The third kappa shape index (κ3) is 4.15. The Morgan fingerprint density at radius 2 is 2.09 bits per heavy atom. The van der Waals surface area contributed by atoms with Crippen molar-refractivity contribution in [3.05, 3.63) is 46.0 Å². The minimum atomic E-state index is -0.0405. The van der Waals surface area contributed by atoms with Crippen LogP contribution in [0, 0.1) is 6.92 Å². The number of pyridine rings is 1. The summed E-state index contributed by atoms with van der Waals surface area (Å²) in [6.07, 6.45) is 4.73. The molecule has 0 aromatic carbocycles. The molecule has 5 heteroatoms. The molecule has 0 aliphatic rings. The molecule has 0 radical (unpaired) electrons. The predicted octanol–water partition coefficient (Wildman–Crippen LogP) is 1.99. The second kappa shape index (κ2) is 8.06. The van der Waals surface area contributed by atoms with Gasteiger partial charge in [-0.25, -0.2) is 4.98 Å². The van der Waals surface area contributed by atoms with Gasteiger partial charge >= 0.3 is 0 Å². The Morgan fingerprint density at radius 1 is 1.32 bits per heavy atom. The highest BCUT2D eigenvalue weighted by Gasteiger charge is 2.09. The molecule has 0 atom stereocenters. The van der Waals surface area contributed by atoms with Crippen molar-refractivity contribution >= 4 is 5.65 Å². The maximum Gasteiger partial charge on any atom is 0.258 e. The molecule has 0 unspecified atom stereocenters. The van der Waals surface area contributed by atoms with Crippen LogP contribution in [-0.2, 0) is 6.54 Å². The van der Waals surface area contributed by atoms with E-state index in [1.54, 1.807) is 16.7 Å². The van der Waals surface area contributed by atoms with Gasteiger partial charge in [0.15, 0.2) is 0 Å². The molecule has 0 fully saturated rings. The van der Waals surface area contributed by atoms with Crippen molar-refractivity contribution < 1.29 is 5.11 Å². The lowest BCUT2D eigenvalue weighted by Gasteiger charge is -2.21. The summed E-state index contributed by atoms with van der Waals surface area (Å²) >= 11 is 0. The number of unbranched alkanes of at least 4 members (excludes halogenated alkanes) is 1. The van der Waals surface area contributed by atoms with Crippen LogP contribution >= 0.6 is 0 Å². The Morgan fingerprint density at radius 3 is 2.82 bits per heavy atom. The summed E-state index contributed by atoms with van der Waals surface area (Å²) in [7, 11) is 0. The summed E-state index contributed by atoms with van der Waals surface area (Å²) in [5, 5.41) is 9.03. The average Bonchev–Trinajstić information content (AvgIpc) is 2.51. The van der Waals surface area contributed by atoms with Gasteiger partial charge in [0.2, 0.25) is 0 Å². The van der Waals surface area contributed by atoms with Crippen LogP contribution in [0.1, 0.15) is 37.4 Å². The highest BCUT2D eigenvalue weighted by atomic mass is 16.3. The van der Waals surface area contributed by atoms with Crippen molar-refractivity contribution in [1.29, 1.82) is 0 Å². The van der Waals surface area contributed by atoms with E-state index in [1.807, 2.05) is 19.1 Å². The number of rotatable bonds is 8. The smallest absolute Gasteiger partial charge is 0.258 e. The third-order valence-electron chi connectivity index (χ3n) is 3.79. The Labute approximate surface area is 131 Å². The number of hydrogen-bond donors (Lipinski definition) is 1. The summed E-state index contributed by atoms with van der Waals surface area (Å²) in [6, 6.07) is 5.44. The molecule has 0 aliphatic carbocycles. The number of aryl methyl sites for hydroxylation is 1. The first kappa shape index (κ1) is 16.6. The summed E-state index contributed by atoms with van der Waals surface area (Å²) in [5.74, 6) is 0. The minimum Gasteiger partial charge on any atom is -0.396 e. The normalized spacial score (nSPS) is 11.5. The van der Waals surface area contributed by atoms with Crippen molar-refractivity contribution in [3.8, 4) is 0 Å². The monoisotopic (exact) mass is 303 g/mol. The molecule has 22 heavy (non-hydrogen) atoms. The lowest BCUT2D eigenvalue weighted by atomic mass is 10.2. The van der Waals surface area contributed by atoms with Gasteiger partial charge in [0.1, 0.15) is 5.65 Å². The molecule has 0 amide bonds. The summed E-state index contributed by atoms with van der Waals surface area (Å²) < 4.78 is 1.59. The number of aliphatic hydroxyl groups excluding tert-OH is 1. The molecule has 1 N–H and O–H groups in total. The van der Waals surface area contributed by atoms with E-state index in [1.165, 1.54) is 0 Å². The first-order valence-electron chi connectivity index (χ1n) is 7.97. The maximum absolute atomic E-state index is 12.2. The highest BCUT2D eigenvalue weighted by Crippen LogP contribution is 2.08. The Kier molecular flexibility index (Phi) is 6.10. The third-order valence-corrected chi connectivity index (χ3v) is 3.79. The van der Waals surface area contributed by atoms with Gasteiger partial charge in [-0.2, -0.15) is 0 Å². The lowest BCUT2D eigenvalue weighted by molar-refractivity contribution is 0.214. The zero-order valence-electron chi connectivity index (χ0n) is 13.5. The zero-order valence-corrected chi connectivity index (χ0v) is 13.5. The van der Waals surface area contributed by atoms with Crippen molar-refractivity contribution in [1.82, 2.24) is 14.3 Å². The Balaban J connectivity index is 2.24. The lowest BCUT2D eigenvalue weighted by Crippen LogP contribution is -2.28. The number of aliphatic hydroxyl groups is 1. The topological polar surface area (TPSA) is 57.8 Å². The molecule has 0 saturated carbocycles. The van der Waals surface area contributed by atoms with Crippen molar-refractivity contribution in [2.45, 2.75) is 39.7 Å². The molecule has 0 aliphatic heterocycles. The van der Waals surface area contributed by atoms with Crippen LogP contribution in [0.5, 0.6) is 0 Å². The first-order chi connectivity index (χ1) is 10.7. The van der Waals surface area contributed by atoms with E-state index in [2.05, 4.69) is 16.8 Å². The molecule has 5 nitrogen and oxygen atoms in total. The van der Waals surface area contributed by atoms with Gasteiger partial charge in [0.25, 0.3) is 5.56 Å². The summed E-state index contributed by atoms with van der Waals surface area (Å²) in [4.78, 5) is 19.1. The fourth-order valence-corrected chi connectivity index (χ4v) is 2.56. The van der Waals surface area contributed by atoms with E-state index in [9.17, 15) is 4.79 Å². The van der Waals surface area contributed by atoms with Gasteiger partial charge in [0.05, 0.1) is 5.69 Å². The van der Waals surface area contributed by atoms with Crippen molar-refractivity contribution in [3.63, 3.8) is 0 Å². The SMILES string of the molecule is CCCCN(CCCO)Cc1cc(=O)n2cccc(C)c2n1. The Bertz CT molecular complexity index is 658. The van der Waals surface area contributed by atoms with Crippen molar-refractivity contribution in [2.24, 2.45) is 0 Å². The zero-order chi connectivity index (χ0) is 15.9. The molecule has 2 rings (SSSR count). The van der Waals surface area contributed by atoms with E-state index >= 15 is 0 Å². The van der Waals surface area contributed by atoms with Gasteiger partial charge < -0.3 is 5.11 Å². The summed E-state index contributed by atoms with van der Waals surface area (Å²) in [5.41, 5.74) is 2.48. The van der Waals surface area contributed by atoms with E-state index in [0.29, 0.717) is 6.54 Å². The first-order valence-corrected chi connectivity index (χ1v) is 7.97. The van der Waals surface area contributed by atoms with Crippen LogP contribution < -0.4 is 5.56 Å². The molecule has 0 spiro atoms. The number of aromatic nitrogens is 2. The molecule has 2 aromatic rings. The fourth-order valence-electron chi connectivity index (χ4n) is 2.56. The van der Waals surface area contributed by atoms with Gasteiger partial charge in [-0.05, 0) is 37.9 Å². The second-order valence-corrected chi connectivity index (χ2v) is 5.68. The van der Waals surface area contributed by atoms with E-state index in [0.717, 1.165) is 49.3 Å². The van der Waals surface area contributed by atoms with Gasteiger partial charge in [0, 0.05) is 32.0 Å². The highest BCUT2D eigenvalue weighted by molar-refractivity contribution is 5.46. The van der Waals surface area contributed by atoms with Gasteiger partial charge in [-0.15, -0.1) is 0 Å². The van der Waals surface area contributed by atoms with Crippen LogP contribution in [0.2, 0.25) is 0 Å². The molecule has 120 valence electrons. The molecular formula is C17H25N3O2. The Hall–Kier alpha value is -1.72. The van der Waals surface area contributed by atoms with Crippen LogP contribution in [-0.4, -0.2) is 39.1 Å². The number of nitrogens with zero attached hydrogens (tertiary/aromatic N) is 3.